The number of halogens is 1. The Kier molecular flexibility index (Phi) is 4.65. The molecule has 0 radical (unpaired) electrons. The van der Waals surface area contributed by atoms with Crippen molar-refractivity contribution in [2.45, 2.75) is 26.7 Å². The number of amides is 1. The number of aryl methyl sites for hydroxylation is 3. The number of aromatic nitrogens is 1. The summed E-state index contributed by atoms with van der Waals surface area (Å²) in [5.74, 6) is -0.549. The van der Waals surface area contributed by atoms with Crippen LogP contribution in [-0.2, 0) is 11.2 Å². The fourth-order valence-corrected chi connectivity index (χ4v) is 2.92. The molecule has 3 rings (SSSR count). The lowest BCUT2D eigenvalue weighted by molar-refractivity contribution is -0.116. The first-order valence-corrected chi connectivity index (χ1v) is 8.10. The van der Waals surface area contributed by atoms with Gasteiger partial charge in [-0.25, -0.2) is 4.39 Å². The van der Waals surface area contributed by atoms with Crippen molar-refractivity contribution < 1.29 is 9.18 Å². The highest BCUT2D eigenvalue weighted by Gasteiger charge is 2.08. The molecule has 0 bridgehead atoms. The molecule has 0 saturated carbocycles. The van der Waals surface area contributed by atoms with Crippen molar-refractivity contribution in [3.63, 3.8) is 0 Å². The van der Waals surface area contributed by atoms with Gasteiger partial charge in [-0.05, 0) is 73.2 Å². The first kappa shape index (κ1) is 16.9. The van der Waals surface area contributed by atoms with Crippen LogP contribution in [-0.4, -0.2) is 10.9 Å². The number of fused-ring (bicyclic) bond motifs is 1. The van der Waals surface area contributed by atoms with E-state index in [0.717, 1.165) is 22.2 Å². The van der Waals surface area contributed by atoms with E-state index in [1.165, 1.54) is 12.1 Å². The molecule has 2 N–H and O–H groups in total. The Morgan fingerprint density at radius 2 is 1.80 bits per heavy atom. The number of pyridine rings is 1. The summed E-state index contributed by atoms with van der Waals surface area (Å²) in [5.41, 5.74) is 3.58. The van der Waals surface area contributed by atoms with Gasteiger partial charge in [0.2, 0.25) is 5.91 Å². The molecule has 4 nitrogen and oxygen atoms in total. The van der Waals surface area contributed by atoms with Gasteiger partial charge >= 0.3 is 0 Å². The van der Waals surface area contributed by atoms with Crippen LogP contribution >= 0.6 is 0 Å². The first-order chi connectivity index (χ1) is 11.9. The van der Waals surface area contributed by atoms with Crippen molar-refractivity contribution in [1.29, 1.82) is 0 Å². The third-order valence-electron chi connectivity index (χ3n) is 4.01. The predicted octanol–water partition coefficient (Wildman–Crippen LogP) is 3.86. The highest BCUT2D eigenvalue weighted by atomic mass is 19.1. The maximum Gasteiger partial charge on any atom is 0.251 e. The lowest BCUT2D eigenvalue weighted by Gasteiger charge is -2.08. The van der Waals surface area contributed by atoms with E-state index in [2.05, 4.69) is 10.3 Å². The van der Waals surface area contributed by atoms with Gasteiger partial charge in [-0.3, -0.25) is 9.59 Å². The Hall–Kier alpha value is -2.95. The van der Waals surface area contributed by atoms with Gasteiger partial charge in [0, 0.05) is 17.7 Å². The van der Waals surface area contributed by atoms with E-state index in [4.69, 9.17) is 0 Å². The van der Waals surface area contributed by atoms with Crippen LogP contribution in [0, 0.1) is 19.7 Å². The van der Waals surface area contributed by atoms with Gasteiger partial charge in [-0.15, -0.1) is 0 Å². The summed E-state index contributed by atoms with van der Waals surface area (Å²) in [6, 6.07) is 11.8. The van der Waals surface area contributed by atoms with Crippen LogP contribution in [0.2, 0.25) is 0 Å². The second kappa shape index (κ2) is 6.89. The zero-order chi connectivity index (χ0) is 18.0. The van der Waals surface area contributed by atoms with E-state index in [9.17, 15) is 14.0 Å². The minimum Gasteiger partial charge on any atom is -0.326 e. The van der Waals surface area contributed by atoms with Crippen LogP contribution in [0.15, 0.2) is 47.3 Å². The van der Waals surface area contributed by atoms with Gasteiger partial charge < -0.3 is 10.3 Å². The van der Waals surface area contributed by atoms with Crippen LogP contribution in [0.4, 0.5) is 10.1 Å². The van der Waals surface area contributed by atoms with E-state index in [1.54, 1.807) is 12.1 Å². The average Bonchev–Trinajstić information content (AvgIpc) is 2.52. The van der Waals surface area contributed by atoms with Crippen LogP contribution < -0.4 is 10.9 Å². The summed E-state index contributed by atoms with van der Waals surface area (Å²) in [5, 5.41) is 3.60. The summed E-state index contributed by atoms with van der Waals surface area (Å²) < 4.78 is 13.2. The topological polar surface area (TPSA) is 62.0 Å². The van der Waals surface area contributed by atoms with Crippen LogP contribution in [0.5, 0.6) is 0 Å². The molecular weight excluding hydrogens is 319 g/mol. The standard InChI is InChI=1S/C20H19FN2O2/c1-12-7-13(2)9-17(8-12)22-19(24)6-4-15-10-14-3-5-16(21)11-18(14)23-20(15)25/h3,5,7-11H,4,6H2,1-2H3,(H,22,24)(H,23,25). The molecule has 0 aliphatic rings. The molecule has 0 saturated heterocycles. The molecule has 1 aromatic heterocycles. The molecule has 3 aromatic rings. The number of hydrogen-bond donors (Lipinski definition) is 2. The summed E-state index contributed by atoms with van der Waals surface area (Å²) in [6.07, 6.45) is 0.516. The van der Waals surface area contributed by atoms with Crippen molar-refractivity contribution >= 4 is 22.5 Å². The van der Waals surface area contributed by atoms with E-state index < -0.39 is 5.82 Å². The predicted molar refractivity (Wildman–Crippen MR) is 97.4 cm³/mol. The van der Waals surface area contributed by atoms with Gasteiger partial charge in [0.15, 0.2) is 0 Å². The summed E-state index contributed by atoms with van der Waals surface area (Å²) in [6.45, 7) is 3.94. The monoisotopic (exact) mass is 338 g/mol. The lowest BCUT2D eigenvalue weighted by Crippen LogP contribution is -2.17. The van der Waals surface area contributed by atoms with E-state index >= 15 is 0 Å². The molecule has 0 fully saturated rings. The average molecular weight is 338 g/mol. The number of H-pyrrole nitrogens is 1. The van der Waals surface area contributed by atoms with Crippen molar-refractivity contribution in [1.82, 2.24) is 4.98 Å². The van der Waals surface area contributed by atoms with Gasteiger partial charge in [-0.2, -0.15) is 0 Å². The summed E-state index contributed by atoms with van der Waals surface area (Å²) in [7, 11) is 0. The number of benzene rings is 2. The lowest BCUT2D eigenvalue weighted by atomic mass is 10.1. The molecule has 1 heterocycles. The fourth-order valence-electron chi connectivity index (χ4n) is 2.92. The van der Waals surface area contributed by atoms with E-state index in [0.29, 0.717) is 17.5 Å². The van der Waals surface area contributed by atoms with Gasteiger partial charge in [0.25, 0.3) is 5.56 Å². The van der Waals surface area contributed by atoms with Crippen molar-refractivity contribution in [3.8, 4) is 0 Å². The van der Waals surface area contributed by atoms with E-state index in [1.807, 2.05) is 32.0 Å². The molecule has 0 aliphatic carbocycles. The molecule has 5 heteroatoms. The maximum atomic E-state index is 13.2. The number of carbonyl (C=O) groups excluding carboxylic acids is 1. The molecular formula is C20H19FN2O2. The summed E-state index contributed by atoms with van der Waals surface area (Å²) in [4.78, 5) is 26.9. The van der Waals surface area contributed by atoms with Crippen molar-refractivity contribution in [2.24, 2.45) is 0 Å². The fraction of sp³-hybridized carbons (Fsp3) is 0.200. The van der Waals surface area contributed by atoms with Gasteiger partial charge in [0.1, 0.15) is 5.82 Å². The second-order valence-corrected chi connectivity index (χ2v) is 6.28. The Bertz CT molecular complexity index is 988. The minimum atomic E-state index is -0.399. The zero-order valence-corrected chi connectivity index (χ0v) is 14.2. The highest BCUT2D eigenvalue weighted by molar-refractivity contribution is 5.91. The van der Waals surface area contributed by atoms with Crippen LogP contribution in [0.1, 0.15) is 23.1 Å². The van der Waals surface area contributed by atoms with Gasteiger partial charge in [0.05, 0.1) is 5.52 Å². The maximum absolute atomic E-state index is 13.2. The first-order valence-electron chi connectivity index (χ1n) is 8.10. The largest absolute Gasteiger partial charge is 0.326 e. The minimum absolute atomic E-state index is 0.149. The Morgan fingerprint density at radius 1 is 1.08 bits per heavy atom. The zero-order valence-electron chi connectivity index (χ0n) is 14.2. The van der Waals surface area contributed by atoms with Crippen LogP contribution in [0.25, 0.3) is 10.9 Å². The number of rotatable bonds is 4. The number of hydrogen-bond acceptors (Lipinski definition) is 2. The second-order valence-electron chi connectivity index (χ2n) is 6.28. The molecule has 0 aliphatic heterocycles. The molecule has 0 unspecified atom stereocenters. The number of carbonyl (C=O) groups is 1. The molecule has 25 heavy (non-hydrogen) atoms. The van der Waals surface area contributed by atoms with E-state index in [-0.39, 0.29) is 17.9 Å². The molecule has 1 amide bonds. The van der Waals surface area contributed by atoms with Crippen molar-refractivity contribution in [3.05, 3.63) is 75.3 Å². The smallest absolute Gasteiger partial charge is 0.251 e. The third-order valence-corrected chi connectivity index (χ3v) is 4.01. The van der Waals surface area contributed by atoms with Crippen LogP contribution in [0.3, 0.4) is 0 Å². The number of nitrogens with one attached hydrogen (secondary N) is 2. The highest BCUT2D eigenvalue weighted by Crippen LogP contribution is 2.15. The molecule has 0 spiro atoms. The van der Waals surface area contributed by atoms with Gasteiger partial charge in [-0.1, -0.05) is 6.07 Å². The Balaban J connectivity index is 1.71. The quantitative estimate of drug-likeness (QED) is 0.759. The number of aromatic amines is 1. The third kappa shape index (κ3) is 4.12. The Labute approximate surface area is 144 Å². The molecule has 2 aromatic carbocycles. The SMILES string of the molecule is Cc1cc(C)cc(NC(=O)CCc2cc3ccc(F)cc3[nH]c2=O)c1. The Morgan fingerprint density at radius 3 is 2.52 bits per heavy atom. The van der Waals surface area contributed by atoms with Crippen molar-refractivity contribution in [2.75, 3.05) is 5.32 Å². The molecule has 0 atom stereocenters. The number of anilines is 1. The summed E-state index contributed by atoms with van der Waals surface area (Å²) >= 11 is 0. The normalized spacial score (nSPS) is 10.8. The molecule has 128 valence electrons.